The van der Waals surface area contributed by atoms with Gasteiger partial charge >= 0.3 is 0 Å². The summed E-state index contributed by atoms with van der Waals surface area (Å²) in [4.78, 5) is 0. The molecule has 0 amide bonds. The minimum Gasteiger partial charge on any atom is -0.207 e. The molecule has 90 valence electrons. The van der Waals surface area contributed by atoms with Crippen molar-refractivity contribution in [2.75, 3.05) is 5.88 Å². The minimum atomic E-state index is -0.214. The Bertz CT molecular complexity index is 487. The second kappa shape index (κ2) is 6.07. The van der Waals surface area contributed by atoms with E-state index < -0.39 is 0 Å². The van der Waals surface area contributed by atoms with Crippen molar-refractivity contribution < 1.29 is 4.39 Å². The third kappa shape index (κ3) is 3.75. The van der Waals surface area contributed by atoms with Crippen LogP contribution < -0.4 is 0 Å². The molecular formula is C12H12ClFN2S. The van der Waals surface area contributed by atoms with Gasteiger partial charge in [-0.3, -0.25) is 0 Å². The van der Waals surface area contributed by atoms with Gasteiger partial charge in [0.1, 0.15) is 15.8 Å². The lowest BCUT2D eigenvalue weighted by Crippen LogP contribution is -1.88. The Morgan fingerprint density at radius 2 is 2.06 bits per heavy atom. The van der Waals surface area contributed by atoms with E-state index in [1.54, 1.807) is 17.4 Å². The van der Waals surface area contributed by atoms with Crippen LogP contribution in [-0.4, -0.2) is 16.1 Å². The smallest absolute Gasteiger partial charge is 0.123 e. The number of aromatic nitrogens is 2. The van der Waals surface area contributed by atoms with Crippen LogP contribution >= 0.6 is 22.9 Å². The third-order valence-corrected chi connectivity index (χ3v) is 3.53. The van der Waals surface area contributed by atoms with E-state index >= 15 is 0 Å². The molecule has 1 aromatic heterocycles. The Kier molecular flexibility index (Phi) is 4.45. The van der Waals surface area contributed by atoms with Crippen molar-refractivity contribution in [3.63, 3.8) is 0 Å². The van der Waals surface area contributed by atoms with Crippen LogP contribution in [0.15, 0.2) is 24.3 Å². The molecule has 0 radical (unpaired) electrons. The third-order valence-electron chi connectivity index (χ3n) is 2.28. The highest BCUT2D eigenvalue weighted by Crippen LogP contribution is 2.16. The molecule has 1 aromatic carbocycles. The number of aryl methyl sites for hydroxylation is 1. The first-order chi connectivity index (χ1) is 8.28. The van der Waals surface area contributed by atoms with Crippen LogP contribution in [-0.2, 0) is 12.8 Å². The van der Waals surface area contributed by atoms with Gasteiger partial charge in [0, 0.05) is 18.7 Å². The molecule has 2 aromatic rings. The van der Waals surface area contributed by atoms with Crippen molar-refractivity contribution in [2.24, 2.45) is 0 Å². The summed E-state index contributed by atoms with van der Waals surface area (Å²) in [6, 6.07) is 6.57. The Hall–Kier alpha value is -1.000. The van der Waals surface area contributed by atoms with Crippen molar-refractivity contribution >= 4 is 22.9 Å². The average molecular weight is 271 g/mol. The molecule has 0 atom stereocenters. The van der Waals surface area contributed by atoms with Gasteiger partial charge in [0.25, 0.3) is 0 Å². The van der Waals surface area contributed by atoms with Crippen molar-refractivity contribution in [1.82, 2.24) is 10.2 Å². The van der Waals surface area contributed by atoms with Gasteiger partial charge < -0.3 is 0 Å². The summed E-state index contributed by atoms with van der Waals surface area (Å²) in [5.41, 5.74) is 0.921. The highest BCUT2D eigenvalue weighted by atomic mass is 35.5. The zero-order valence-electron chi connectivity index (χ0n) is 9.20. The molecule has 0 saturated carbocycles. The summed E-state index contributed by atoms with van der Waals surface area (Å²) in [5, 5.41) is 10.1. The number of hydrogen-bond donors (Lipinski definition) is 0. The lowest BCUT2D eigenvalue weighted by molar-refractivity contribution is 0.626. The molecule has 5 heteroatoms. The zero-order chi connectivity index (χ0) is 12.1. The molecule has 0 aliphatic rings. The Morgan fingerprint density at radius 3 is 2.82 bits per heavy atom. The molecule has 1 heterocycles. The summed E-state index contributed by atoms with van der Waals surface area (Å²) in [5.74, 6) is 0.424. The van der Waals surface area contributed by atoms with Gasteiger partial charge in [-0.1, -0.05) is 12.1 Å². The Balaban J connectivity index is 2.01. The van der Waals surface area contributed by atoms with Gasteiger partial charge in [-0.2, -0.15) is 0 Å². The molecule has 0 spiro atoms. The van der Waals surface area contributed by atoms with Crippen LogP contribution in [0.4, 0.5) is 4.39 Å². The van der Waals surface area contributed by atoms with E-state index in [0.29, 0.717) is 12.3 Å². The predicted octanol–water partition coefficient (Wildman–Crippen LogP) is 3.44. The maximum Gasteiger partial charge on any atom is 0.123 e. The van der Waals surface area contributed by atoms with Crippen molar-refractivity contribution in [3.8, 4) is 0 Å². The number of benzene rings is 1. The number of alkyl halides is 1. The first kappa shape index (κ1) is 12.5. The van der Waals surface area contributed by atoms with Crippen molar-refractivity contribution in [3.05, 3.63) is 45.7 Å². The molecule has 2 rings (SSSR count). The highest BCUT2D eigenvalue weighted by Gasteiger charge is 2.05. The van der Waals surface area contributed by atoms with Crippen LogP contribution in [0.5, 0.6) is 0 Å². The SMILES string of the molecule is Fc1cccc(Cc2nnc(CCCCl)s2)c1. The minimum absolute atomic E-state index is 0.214. The highest BCUT2D eigenvalue weighted by molar-refractivity contribution is 7.11. The van der Waals surface area contributed by atoms with E-state index in [-0.39, 0.29) is 5.82 Å². The van der Waals surface area contributed by atoms with Crippen molar-refractivity contribution in [1.29, 1.82) is 0 Å². The molecular weight excluding hydrogens is 259 g/mol. The summed E-state index contributed by atoms with van der Waals surface area (Å²) in [6.07, 6.45) is 2.41. The quantitative estimate of drug-likeness (QED) is 0.778. The van der Waals surface area contributed by atoms with Crippen LogP contribution in [0, 0.1) is 5.82 Å². The molecule has 17 heavy (non-hydrogen) atoms. The summed E-state index contributed by atoms with van der Waals surface area (Å²) < 4.78 is 13.0. The van der Waals surface area contributed by atoms with E-state index in [1.165, 1.54) is 12.1 Å². The van der Waals surface area contributed by atoms with E-state index in [1.807, 2.05) is 6.07 Å². The van der Waals surface area contributed by atoms with Gasteiger partial charge in [0.15, 0.2) is 0 Å². The zero-order valence-corrected chi connectivity index (χ0v) is 10.8. The molecule has 0 aliphatic carbocycles. The summed E-state index contributed by atoms with van der Waals surface area (Å²) in [7, 11) is 0. The van der Waals surface area contributed by atoms with Gasteiger partial charge in [0.05, 0.1) is 0 Å². The molecule has 0 saturated heterocycles. The van der Waals surface area contributed by atoms with Gasteiger partial charge in [0.2, 0.25) is 0 Å². The summed E-state index contributed by atoms with van der Waals surface area (Å²) in [6.45, 7) is 0. The molecule has 0 fully saturated rings. The topological polar surface area (TPSA) is 25.8 Å². The first-order valence-corrected chi connectivity index (χ1v) is 6.74. The number of hydrogen-bond acceptors (Lipinski definition) is 3. The van der Waals surface area contributed by atoms with E-state index in [9.17, 15) is 4.39 Å². The van der Waals surface area contributed by atoms with Crippen LogP contribution in [0.2, 0.25) is 0 Å². The first-order valence-electron chi connectivity index (χ1n) is 5.39. The standard InChI is InChI=1S/C12H12ClFN2S/c13-6-2-5-11-15-16-12(17-11)8-9-3-1-4-10(14)7-9/h1,3-4,7H,2,5-6,8H2. The monoisotopic (exact) mass is 270 g/mol. The molecule has 2 nitrogen and oxygen atoms in total. The summed E-state index contributed by atoms with van der Waals surface area (Å²) >= 11 is 7.19. The molecule has 0 unspecified atom stereocenters. The fraction of sp³-hybridized carbons (Fsp3) is 0.333. The fourth-order valence-electron chi connectivity index (χ4n) is 1.50. The lowest BCUT2D eigenvalue weighted by atomic mass is 10.1. The molecule has 0 aliphatic heterocycles. The van der Waals surface area contributed by atoms with Gasteiger partial charge in [-0.05, 0) is 24.1 Å². The number of nitrogens with zero attached hydrogens (tertiary/aromatic N) is 2. The fourth-order valence-corrected chi connectivity index (χ4v) is 2.55. The maximum atomic E-state index is 13.0. The van der Waals surface area contributed by atoms with Crippen LogP contribution in [0.3, 0.4) is 0 Å². The van der Waals surface area contributed by atoms with Crippen LogP contribution in [0.1, 0.15) is 22.0 Å². The van der Waals surface area contributed by atoms with Gasteiger partial charge in [-0.15, -0.1) is 33.1 Å². The maximum absolute atomic E-state index is 13.0. The Labute approximate surface area is 108 Å². The lowest BCUT2D eigenvalue weighted by Gasteiger charge is -1.96. The van der Waals surface area contributed by atoms with Gasteiger partial charge in [-0.25, -0.2) is 4.39 Å². The van der Waals surface area contributed by atoms with Crippen LogP contribution in [0.25, 0.3) is 0 Å². The predicted molar refractivity (Wildman–Crippen MR) is 68.2 cm³/mol. The van der Waals surface area contributed by atoms with E-state index in [2.05, 4.69) is 10.2 Å². The Morgan fingerprint density at radius 1 is 1.24 bits per heavy atom. The second-order valence-corrected chi connectivity index (χ2v) is 5.21. The normalized spacial score (nSPS) is 10.7. The second-order valence-electron chi connectivity index (χ2n) is 3.69. The van der Waals surface area contributed by atoms with E-state index in [4.69, 9.17) is 11.6 Å². The van der Waals surface area contributed by atoms with E-state index in [0.717, 1.165) is 28.4 Å². The number of rotatable bonds is 5. The number of halogens is 2. The van der Waals surface area contributed by atoms with Crippen molar-refractivity contribution in [2.45, 2.75) is 19.3 Å². The average Bonchev–Trinajstić information content (AvgIpc) is 2.74. The largest absolute Gasteiger partial charge is 0.207 e. The molecule has 0 bridgehead atoms. The molecule has 0 N–H and O–H groups in total.